The number of rotatable bonds is 7. The second-order valence-electron chi connectivity index (χ2n) is 5.21. The van der Waals surface area contributed by atoms with Crippen molar-refractivity contribution in [3.63, 3.8) is 0 Å². The number of nitrogens with one attached hydrogen (secondary N) is 1. The van der Waals surface area contributed by atoms with E-state index in [9.17, 15) is 0 Å². The molecular weight excluding hydrogens is 352 g/mol. The van der Waals surface area contributed by atoms with E-state index < -0.39 is 0 Å². The van der Waals surface area contributed by atoms with Gasteiger partial charge in [0.1, 0.15) is 23.9 Å². The highest BCUT2D eigenvalue weighted by Crippen LogP contribution is 2.22. The van der Waals surface area contributed by atoms with Gasteiger partial charge in [-0.15, -0.1) is 0 Å². The van der Waals surface area contributed by atoms with Gasteiger partial charge in [-0.25, -0.2) is 5.10 Å². The van der Waals surface area contributed by atoms with E-state index in [-0.39, 0.29) is 6.61 Å². The topological polar surface area (TPSA) is 73.7 Å². The Morgan fingerprint density at radius 2 is 1.92 bits per heavy atom. The van der Waals surface area contributed by atoms with Crippen LogP contribution in [0.2, 0.25) is 0 Å². The molecule has 1 aromatic heterocycles. The van der Waals surface area contributed by atoms with Crippen molar-refractivity contribution in [1.82, 2.24) is 14.9 Å². The van der Waals surface area contributed by atoms with Gasteiger partial charge in [-0.3, -0.25) is 0 Å². The Morgan fingerprint density at radius 1 is 1.12 bits per heavy atom. The normalized spacial score (nSPS) is 10.8. The molecular formula is C18H18N4O3S. The van der Waals surface area contributed by atoms with Gasteiger partial charge in [-0.1, -0.05) is 18.2 Å². The van der Waals surface area contributed by atoms with Crippen molar-refractivity contribution in [2.45, 2.75) is 6.61 Å². The lowest BCUT2D eigenvalue weighted by atomic mass is 10.2. The van der Waals surface area contributed by atoms with Crippen molar-refractivity contribution in [3.05, 3.63) is 64.7 Å². The number of aromatic nitrogens is 3. The maximum atomic E-state index is 5.71. The van der Waals surface area contributed by atoms with Crippen LogP contribution in [-0.2, 0) is 6.61 Å². The van der Waals surface area contributed by atoms with Gasteiger partial charge in [-0.2, -0.15) is 14.9 Å². The average molecular weight is 370 g/mol. The van der Waals surface area contributed by atoms with E-state index in [2.05, 4.69) is 15.3 Å². The molecule has 0 bridgehead atoms. The molecule has 0 aliphatic carbocycles. The second-order valence-corrected chi connectivity index (χ2v) is 5.60. The lowest BCUT2D eigenvalue weighted by Crippen LogP contribution is -2.04. The van der Waals surface area contributed by atoms with E-state index >= 15 is 0 Å². The molecule has 0 unspecified atom stereocenters. The van der Waals surface area contributed by atoms with Gasteiger partial charge in [-0.05, 0) is 42.5 Å². The first kappa shape index (κ1) is 17.7. The van der Waals surface area contributed by atoms with Crippen LogP contribution in [0.4, 0.5) is 0 Å². The number of hydrogen-bond donors (Lipinski definition) is 1. The molecule has 8 heteroatoms. The summed E-state index contributed by atoms with van der Waals surface area (Å²) < 4.78 is 18.2. The number of ether oxygens (including phenoxy) is 3. The number of hydrogen-bond acceptors (Lipinski definition) is 6. The number of aromatic amines is 1. The highest BCUT2D eigenvalue weighted by Gasteiger charge is 2.07. The van der Waals surface area contributed by atoms with Crippen molar-refractivity contribution in [3.8, 4) is 17.2 Å². The van der Waals surface area contributed by atoms with Crippen molar-refractivity contribution in [2.75, 3.05) is 14.2 Å². The third kappa shape index (κ3) is 4.09. The summed E-state index contributed by atoms with van der Waals surface area (Å²) in [5.74, 6) is 2.67. The van der Waals surface area contributed by atoms with E-state index in [4.69, 9.17) is 26.4 Å². The fourth-order valence-corrected chi connectivity index (χ4v) is 2.46. The molecule has 1 heterocycles. The molecule has 0 fully saturated rings. The molecule has 0 spiro atoms. The molecule has 134 valence electrons. The molecule has 0 aliphatic heterocycles. The van der Waals surface area contributed by atoms with Crippen LogP contribution in [0.3, 0.4) is 0 Å². The highest BCUT2D eigenvalue weighted by molar-refractivity contribution is 7.71. The molecule has 7 nitrogen and oxygen atoms in total. The van der Waals surface area contributed by atoms with Gasteiger partial charge in [0, 0.05) is 5.56 Å². The standard InChI is InChI=1S/C18H18N4O3S/c1-23-15-8-9-16(24-2)13(10-15)11-19-22-17(20-21-18(22)26)12-25-14-6-4-3-5-7-14/h3-11H,12H2,1-2H3,(H,21,26)/b19-11-. The van der Waals surface area contributed by atoms with Gasteiger partial charge >= 0.3 is 0 Å². The Labute approximate surface area is 155 Å². The number of para-hydroxylation sites is 1. The van der Waals surface area contributed by atoms with Crippen LogP contribution in [0.15, 0.2) is 53.6 Å². The van der Waals surface area contributed by atoms with Crippen molar-refractivity contribution >= 4 is 18.4 Å². The van der Waals surface area contributed by atoms with Gasteiger partial charge in [0.25, 0.3) is 0 Å². The van der Waals surface area contributed by atoms with Crippen LogP contribution < -0.4 is 14.2 Å². The zero-order valence-electron chi connectivity index (χ0n) is 14.4. The third-order valence-electron chi connectivity index (χ3n) is 3.58. The molecule has 1 N–H and O–H groups in total. The first-order valence-corrected chi connectivity index (χ1v) is 8.22. The smallest absolute Gasteiger partial charge is 0.216 e. The monoisotopic (exact) mass is 370 g/mol. The molecule has 0 aliphatic rings. The summed E-state index contributed by atoms with van der Waals surface area (Å²) in [5, 5.41) is 11.3. The van der Waals surface area contributed by atoms with E-state index in [1.54, 1.807) is 20.4 Å². The molecule has 0 atom stereocenters. The second kappa shape index (κ2) is 8.30. The fourth-order valence-electron chi connectivity index (χ4n) is 2.26. The Bertz CT molecular complexity index is 951. The summed E-state index contributed by atoms with van der Waals surface area (Å²) >= 11 is 5.25. The third-order valence-corrected chi connectivity index (χ3v) is 3.84. The highest BCUT2D eigenvalue weighted by atomic mass is 32.1. The van der Waals surface area contributed by atoms with E-state index in [1.165, 1.54) is 4.68 Å². The molecule has 0 saturated carbocycles. The van der Waals surface area contributed by atoms with Crippen molar-refractivity contribution in [1.29, 1.82) is 0 Å². The van der Waals surface area contributed by atoms with Crippen LogP contribution >= 0.6 is 12.2 Å². The molecule has 2 aromatic carbocycles. The number of H-pyrrole nitrogens is 1. The Kier molecular flexibility index (Phi) is 5.65. The minimum atomic E-state index is 0.226. The maximum Gasteiger partial charge on any atom is 0.216 e. The molecule has 3 aromatic rings. The summed E-state index contributed by atoms with van der Waals surface area (Å²) in [6.07, 6.45) is 1.64. The zero-order valence-corrected chi connectivity index (χ0v) is 15.2. The van der Waals surface area contributed by atoms with E-state index in [1.807, 2.05) is 48.5 Å². The van der Waals surface area contributed by atoms with Crippen LogP contribution in [-0.4, -0.2) is 35.3 Å². The molecule has 0 radical (unpaired) electrons. The minimum Gasteiger partial charge on any atom is -0.497 e. The first-order chi connectivity index (χ1) is 12.7. The summed E-state index contributed by atoms with van der Waals surface area (Å²) in [7, 11) is 3.20. The number of nitrogens with zero attached hydrogens (tertiary/aromatic N) is 3. The maximum absolute atomic E-state index is 5.71. The van der Waals surface area contributed by atoms with Crippen LogP contribution in [0.1, 0.15) is 11.4 Å². The number of methoxy groups -OCH3 is 2. The Hall–Kier alpha value is -3.13. The van der Waals surface area contributed by atoms with Crippen LogP contribution in [0.5, 0.6) is 17.2 Å². The SMILES string of the molecule is COc1ccc(OC)c(/C=N\n2c(COc3ccccc3)n[nH]c2=S)c1. The first-order valence-electron chi connectivity index (χ1n) is 7.82. The lowest BCUT2D eigenvalue weighted by molar-refractivity contribution is 0.290. The average Bonchev–Trinajstić information content (AvgIpc) is 3.04. The predicted molar refractivity (Wildman–Crippen MR) is 101 cm³/mol. The van der Waals surface area contributed by atoms with E-state index in [0.717, 1.165) is 11.3 Å². The Balaban J connectivity index is 1.83. The van der Waals surface area contributed by atoms with Crippen LogP contribution in [0.25, 0.3) is 0 Å². The largest absolute Gasteiger partial charge is 0.497 e. The summed E-state index contributed by atoms with van der Waals surface area (Å²) in [6, 6.07) is 14.9. The zero-order chi connectivity index (χ0) is 18.4. The molecule has 0 saturated heterocycles. The fraction of sp³-hybridized carbons (Fsp3) is 0.167. The molecule has 3 rings (SSSR count). The molecule has 26 heavy (non-hydrogen) atoms. The Morgan fingerprint density at radius 3 is 2.65 bits per heavy atom. The van der Waals surface area contributed by atoms with Gasteiger partial charge in [0.15, 0.2) is 5.82 Å². The van der Waals surface area contributed by atoms with Gasteiger partial charge < -0.3 is 14.2 Å². The van der Waals surface area contributed by atoms with Crippen molar-refractivity contribution < 1.29 is 14.2 Å². The van der Waals surface area contributed by atoms with Gasteiger partial charge in [0.2, 0.25) is 4.77 Å². The lowest BCUT2D eigenvalue weighted by Gasteiger charge is -2.07. The van der Waals surface area contributed by atoms with Crippen LogP contribution in [0, 0.1) is 4.77 Å². The number of benzene rings is 2. The summed E-state index contributed by atoms with van der Waals surface area (Å²) in [6.45, 7) is 0.226. The summed E-state index contributed by atoms with van der Waals surface area (Å²) in [4.78, 5) is 0. The quantitative estimate of drug-likeness (QED) is 0.510. The molecule has 0 amide bonds. The van der Waals surface area contributed by atoms with Gasteiger partial charge in [0.05, 0.1) is 20.4 Å². The van der Waals surface area contributed by atoms with E-state index in [0.29, 0.717) is 22.1 Å². The van der Waals surface area contributed by atoms with Crippen molar-refractivity contribution in [2.24, 2.45) is 5.10 Å². The minimum absolute atomic E-state index is 0.226. The summed E-state index contributed by atoms with van der Waals surface area (Å²) in [5.41, 5.74) is 0.755. The predicted octanol–water partition coefficient (Wildman–Crippen LogP) is 3.42.